The summed E-state index contributed by atoms with van der Waals surface area (Å²) in [4.78, 5) is 23.8. The van der Waals surface area contributed by atoms with E-state index in [0.29, 0.717) is 5.69 Å². The van der Waals surface area contributed by atoms with E-state index in [4.69, 9.17) is 4.74 Å². The molecule has 0 bridgehead atoms. The molecule has 132 valence electrons. The van der Waals surface area contributed by atoms with Crippen LogP contribution in [0.3, 0.4) is 0 Å². The third-order valence-corrected chi connectivity index (χ3v) is 4.24. The Balaban J connectivity index is 1.83. The molecule has 0 unspecified atom stereocenters. The highest BCUT2D eigenvalue weighted by atomic mass is 32.2. The lowest BCUT2D eigenvalue weighted by atomic mass is 10.2. The number of halogens is 2. The fourth-order valence-electron chi connectivity index (χ4n) is 1.89. The number of esters is 1. The Morgan fingerprint density at radius 2 is 1.84 bits per heavy atom. The van der Waals surface area contributed by atoms with E-state index < -0.39 is 29.6 Å². The molecule has 0 aliphatic carbocycles. The molecular weight excluding hydrogens is 348 g/mol. The van der Waals surface area contributed by atoms with Crippen molar-refractivity contribution < 1.29 is 23.1 Å². The first-order valence-electron chi connectivity index (χ1n) is 7.50. The van der Waals surface area contributed by atoms with Crippen molar-refractivity contribution in [2.75, 3.05) is 11.1 Å². The summed E-state index contributed by atoms with van der Waals surface area (Å²) in [6.45, 7) is 3.37. The van der Waals surface area contributed by atoms with E-state index in [1.54, 1.807) is 12.1 Å². The van der Waals surface area contributed by atoms with Crippen LogP contribution in [0, 0.1) is 18.6 Å². The smallest absolute Gasteiger partial charge is 0.317 e. The summed E-state index contributed by atoms with van der Waals surface area (Å²) in [6.07, 6.45) is -1.01. The fraction of sp³-hybridized carbons (Fsp3) is 0.222. The number of carbonyl (C=O) groups is 2. The van der Waals surface area contributed by atoms with Crippen molar-refractivity contribution in [1.82, 2.24) is 0 Å². The average Bonchev–Trinajstić information content (AvgIpc) is 2.57. The lowest BCUT2D eigenvalue weighted by Gasteiger charge is -2.13. The number of rotatable bonds is 6. The Morgan fingerprint density at radius 3 is 2.52 bits per heavy atom. The maximum Gasteiger partial charge on any atom is 0.317 e. The number of carbonyl (C=O) groups excluding carboxylic acids is 2. The highest BCUT2D eigenvalue weighted by Gasteiger charge is 2.18. The van der Waals surface area contributed by atoms with Crippen LogP contribution in [-0.4, -0.2) is 23.7 Å². The molecular formula is C18H17F2NO3S. The van der Waals surface area contributed by atoms with Gasteiger partial charge in [-0.1, -0.05) is 17.7 Å². The molecule has 0 aliphatic rings. The minimum Gasteiger partial charge on any atom is -0.452 e. The molecule has 0 fully saturated rings. The summed E-state index contributed by atoms with van der Waals surface area (Å²) in [5, 5.41) is 2.63. The first kappa shape index (κ1) is 18.9. The fourth-order valence-corrected chi connectivity index (χ4v) is 2.63. The predicted molar refractivity (Wildman–Crippen MR) is 92.4 cm³/mol. The summed E-state index contributed by atoms with van der Waals surface area (Å²) in [7, 11) is 0. The van der Waals surface area contributed by atoms with Crippen molar-refractivity contribution in [3.63, 3.8) is 0 Å². The molecule has 2 aromatic rings. The van der Waals surface area contributed by atoms with Crippen LogP contribution in [0.1, 0.15) is 12.5 Å². The van der Waals surface area contributed by atoms with Gasteiger partial charge in [-0.15, -0.1) is 11.8 Å². The van der Waals surface area contributed by atoms with Crippen molar-refractivity contribution in [2.45, 2.75) is 24.8 Å². The summed E-state index contributed by atoms with van der Waals surface area (Å²) < 4.78 is 31.6. The molecule has 0 saturated carbocycles. The van der Waals surface area contributed by atoms with Gasteiger partial charge in [-0.2, -0.15) is 0 Å². The van der Waals surface area contributed by atoms with Crippen LogP contribution in [0.2, 0.25) is 0 Å². The maximum absolute atomic E-state index is 13.5. The Morgan fingerprint density at radius 1 is 1.16 bits per heavy atom. The Labute approximate surface area is 148 Å². The average molecular weight is 365 g/mol. The van der Waals surface area contributed by atoms with Crippen LogP contribution < -0.4 is 5.32 Å². The van der Waals surface area contributed by atoms with Gasteiger partial charge in [0.2, 0.25) is 0 Å². The van der Waals surface area contributed by atoms with Crippen molar-refractivity contribution >= 4 is 29.3 Å². The summed E-state index contributed by atoms with van der Waals surface area (Å²) in [6, 6.07) is 10.2. The molecule has 0 heterocycles. The minimum atomic E-state index is -1.01. The molecule has 2 aromatic carbocycles. The molecule has 7 heteroatoms. The van der Waals surface area contributed by atoms with Gasteiger partial charge in [0, 0.05) is 10.6 Å². The van der Waals surface area contributed by atoms with Gasteiger partial charge in [-0.05, 0) is 44.2 Å². The van der Waals surface area contributed by atoms with Gasteiger partial charge in [0.1, 0.15) is 11.6 Å². The molecule has 4 nitrogen and oxygen atoms in total. The number of anilines is 1. The minimum absolute atomic E-state index is 0.00806. The van der Waals surface area contributed by atoms with E-state index in [0.717, 1.165) is 35.5 Å². The lowest BCUT2D eigenvalue weighted by Crippen LogP contribution is -2.30. The molecule has 2 rings (SSSR count). The normalized spacial score (nSPS) is 11.7. The topological polar surface area (TPSA) is 55.4 Å². The summed E-state index contributed by atoms with van der Waals surface area (Å²) in [5.74, 6) is -2.62. The van der Waals surface area contributed by atoms with Gasteiger partial charge in [0.25, 0.3) is 5.91 Å². The van der Waals surface area contributed by atoms with Crippen LogP contribution in [0.25, 0.3) is 0 Å². The van der Waals surface area contributed by atoms with Gasteiger partial charge < -0.3 is 10.1 Å². The number of aryl methyl sites for hydroxylation is 1. The molecule has 0 aromatic heterocycles. The number of hydrogen-bond acceptors (Lipinski definition) is 4. The van der Waals surface area contributed by atoms with Crippen LogP contribution in [0.15, 0.2) is 47.4 Å². The Bertz CT molecular complexity index is 765. The van der Waals surface area contributed by atoms with Crippen LogP contribution in [-0.2, 0) is 14.3 Å². The van der Waals surface area contributed by atoms with Crippen molar-refractivity contribution in [2.24, 2.45) is 0 Å². The van der Waals surface area contributed by atoms with Crippen LogP contribution in [0.5, 0.6) is 0 Å². The van der Waals surface area contributed by atoms with Gasteiger partial charge in [0.05, 0.1) is 5.75 Å². The second-order valence-corrected chi connectivity index (χ2v) is 6.37. The number of nitrogens with one attached hydrogen (secondary N) is 1. The third-order valence-electron chi connectivity index (χ3n) is 3.24. The van der Waals surface area contributed by atoms with Gasteiger partial charge in [0.15, 0.2) is 6.10 Å². The third kappa shape index (κ3) is 5.86. The quantitative estimate of drug-likeness (QED) is 0.622. The highest BCUT2D eigenvalue weighted by Crippen LogP contribution is 2.22. The molecule has 0 spiro atoms. The van der Waals surface area contributed by atoms with E-state index >= 15 is 0 Å². The highest BCUT2D eigenvalue weighted by molar-refractivity contribution is 8.00. The number of benzene rings is 2. The number of thioether (sulfide) groups is 1. The molecule has 0 aliphatic heterocycles. The molecule has 1 N–H and O–H groups in total. The van der Waals surface area contributed by atoms with E-state index in [-0.39, 0.29) is 10.6 Å². The zero-order chi connectivity index (χ0) is 18.4. The molecule has 1 amide bonds. The van der Waals surface area contributed by atoms with Crippen LogP contribution >= 0.6 is 11.8 Å². The van der Waals surface area contributed by atoms with Crippen LogP contribution in [0.4, 0.5) is 14.5 Å². The molecule has 25 heavy (non-hydrogen) atoms. The van der Waals surface area contributed by atoms with Crippen molar-refractivity contribution in [3.8, 4) is 0 Å². The number of ether oxygens (including phenoxy) is 1. The Kier molecular flexibility index (Phi) is 6.52. The Hall–Kier alpha value is -2.41. The SMILES string of the molecule is Cc1ccc(NC(=O)[C@H](C)OC(=O)CSc2cc(F)ccc2F)cc1. The van der Waals surface area contributed by atoms with E-state index in [2.05, 4.69) is 5.32 Å². The van der Waals surface area contributed by atoms with E-state index in [1.165, 1.54) is 6.92 Å². The zero-order valence-electron chi connectivity index (χ0n) is 13.7. The predicted octanol–water partition coefficient (Wildman–Crippen LogP) is 3.94. The van der Waals surface area contributed by atoms with Gasteiger partial charge in [-0.3, -0.25) is 9.59 Å². The number of amides is 1. The maximum atomic E-state index is 13.5. The summed E-state index contributed by atoms with van der Waals surface area (Å²) in [5.41, 5.74) is 1.65. The van der Waals surface area contributed by atoms with Crippen molar-refractivity contribution in [1.29, 1.82) is 0 Å². The number of hydrogen-bond donors (Lipinski definition) is 1. The van der Waals surface area contributed by atoms with E-state index in [9.17, 15) is 18.4 Å². The second kappa shape index (κ2) is 8.62. The summed E-state index contributed by atoms with van der Waals surface area (Å²) >= 11 is 0.807. The first-order chi connectivity index (χ1) is 11.8. The van der Waals surface area contributed by atoms with Crippen molar-refractivity contribution in [3.05, 3.63) is 59.7 Å². The molecule has 0 radical (unpaired) electrons. The van der Waals surface area contributed by atoms with Gasteiger partial charge in [-0.25, -0.2) is 8.78 Å². The largest absolute Gasteiger partial charge is 0.452 e. The lowest BCUT2D eigenvalue weighted by molar-refractivity contribution is -0.150. The van der Waals surface area contributed by atoms with Gasteiger partial charge >= 0.3 is 5.97 Å². The first-order valence-corrected chi connectivity index (χ1v) is 8.48. The van der Waals surface area contributed by atoms with E-state index in [1.807, 2.05) is 19.1 Å². The standard InChI is InChI=1S/C18H17F2NO3S/c1-11-3-6-14(7-4-11)21-18(23)12(2)24-17(22)10-25-16-9-13(19)5-8-15(16)20/h3-9,12H,10H2,1-2H3,(H,21,23)/t12-/m0/s1. The zero-order valence-corrected chi connectivity index (χ0v) is 14.5. The second-order valence-electron chi connectivity index (χ2n) is 5.35. The monoisotopic (exact) mass is 365 g/mol. The molecule has 1 atom stereocenters. The molecule has 0 saturated heterocycles.